The van der Waals surface area contributed by atoms with Gasteiger partial charge in [-0.25, -0.2) is 0 Å². The van der Waals surface area contributed by atoms with Crippen molar-refractivity contribution in [3.8, 4) is 28.7 Å². The number of ether oxygens (including phenoxy) is 4. The number of methoxy groups -OCH3 is 2. The SMILES string of the molecule is COc1cc2cc(c1)C(=O)N[C@H]1CN(C(=O)Cc3ccc(-n4nnnc4C)cc3)C[C@@H]1Oc1ccc(c(OC)c1)CNC(=O)CO2. The quantitative estimate of drug-likeness (QED) is 0.333. The fourth-order valence-corrected chi connectivity index (χ4v) is 5.42. The number of hydrogen-bond donors (Lipinski definition) is 2. The van der Waals surface area contributed by atoms with Gasteiger partial charge < -0.3 is 34.5 Å². The Morgan fingerprint density at radius 1 is 1.00 bits per heavy atom. The van der Waals surface area contributed by atoms with E-state index >= 15 is 0 Å². The number of carbonyl (C=O) groups excluding carboxylic acids is 3. The smallest absolute Gasteiger partial charge is 0.258 e. The largest absolute Gasteiger partial charge is 0.497 e. The average Bonchev–Trinajstić information content (AvgIpc) is 3.68. The van der Waals surface area contributed by atoms with E-state index in [1.54, 1.807) is 46.8 Å². The van der Waals surface area contributed by atoms with Crippen LogP contribution in [0.4, 0.5) is 0 Å². The van der Waals surface area contributed by atoms with E-state index in [0.29, 0.717) is 28.8 Å². The van der Waals surface area contributed by atoms with Gasteiger partial charge in [0.25, 0.3) is 11.8 Å². The summed E-state index contributed by atoms with van der Waals surface area (Å²) >= 11 is 0. The minimum absolute atomic E-state index is 0.111. The molecule has 2 atom stereocenters. The lowest BCUT2D eigenvalue weighted by Gasteiger charge is -2.22. The summed E-state index contributed by atoms with van der Waals surface area (Å²) in [7, 11) is 3.01. The van der Waals surface area contributed by atoms with Gasteiger partial charge >= 0.3 is 0 Å². The molecule has 1 saturated heterocycles. The van der Waals surface area contributed by atoms with E-state index in [1.165, 1.54) is 20.3 Å². The third-order valence-corrected chi connectivity index (χ3v) is 7.87. The zero-order valence-electron chi connectivity index (χ0n) is 25.6. The van der Waals surface area contributed by atoms with Crippen molar-refractivity contribution in [2.24, 2.45) is 0 Å². The molecule has 4 bridgehead atoms. The van der Waals surface area contributed by atoms with Crippen molar-refractivity contribution in [2.75, 3.05) is 33.9 Å². The van der Waals surface area contributed by atoms with Crippen LogP contribution in [0.15, 0.2) is 60.7 Å². The normalized spacial score (nSPS) is 18.0. The van der Waals surface area contributed by atoms with E-state index in [4.69, 9.17) is 18.9 Å². The first-order chi connectivity index (χ1) is 22.3. The van der Waals surface area contributed by atoms with Crippen molar-refractivity contribution in [1.29, 1.82) is 0 Å². The summed E-state index contributed by atoms with van der Waals surface area (Å²) in [5.41, 5.74) is 2.62. The summed E-state index contributed by atoms with van der Waals surface area (Å²) in [6.45, 7) is 2.23. The highest BCUT2D eigenvalue weighted by molar-refractivity contribution is 5.95. The van der Waals surface area contributed by atoms with Crippen molar-refractivity contribution in [2.45, 2.75) is 32.0 Å². The lowest BCUT2D eigenvalue weighted by Crippen LogP contribution is -2.45. The molecule has 0 spiro atoms. The fourth-order valence-electron chi connectivity index (χ4n) is 5.42. The molecule has 14 nitrogen and oxygen atoms in total. The van der Waals surface area contributed by atoms with Crippen molar-refractivity contribution >= 4 is 17.7 Å². The first-order valence-electron chi connectivity index (χ1n) is 14.6. The van der Waals surface area contributed by atoms with Gasteiger partial charge in [-0.05, 0) is 59.3 Å². The van der Waals surface area contributed by atoms with Crippen LogP contribution in [0.3, 0.4) is 0 Å². The number of aryl methyl sites for hydroxylation is 1. The van der Waals surface area contributed by atoms with E-state index in [1.807, 2.05) is 24.3 Å². The van der Waals surface area contributed by atoms with Crippen molar-refractivity contribution in [3.05, 3.63) is 83.2 Å². The van der Waals surface area contributed by atoms with Gasteiger partial charge in [-0.3, -0.25) is 14.4 Å². The molecule has 1 aromatic heterocycles. The number of rotatable bonds is 5. The lowest BCUT2D eigenvalue weighted by molar-refractivity contribution is -0.129. The molecule has 46 heavy (non-hydrogen) atoms. The molecule has 3 aromatic carbocycles. The van der Waals surface area contributed by atoms with Crippen LogP contribution in [-0.2, 0) is 22.6 Å². The van der Waals surface area contributed by atoms with Crippen LogP contribution in [0.2, 0.25) is 0 Å². The maximum atomic E-state index is 13.5. The Morgan fingerprint density at radius 3 is 2.57 bits per heavy atom. The molecule has 0 radical (unpaired) electrons. The van der Waals surface area contributed by atoms with Gasteiger partial charge in [0.15, 0.2) is 12.4 Å². The van der Waals surface area contributed by atoms with Crippen molar-refractivity contribution in [3.63, 3.8) is 0 Å². The van der Waals surface area contributed by atoms with Gasteiger partial charge in [-0.2, -0.15) is 4.68 Å². The van der Waals surface area contributed by atoms with Gasteiger partial charge in [0.1, 0.15) is 29.1 Å². The van der Waals surface area contributed by atoms with E-state index in [0.717, 1.165) is 16.8 Å². The van der Waals surface area contributed by atoms with Gasteiger partial charge in [0, 0.05) is 36.3 Å². The van der Waals surface area contributed by atoms with E-state index < -0.39 is 18.1 Å². The molecular weight excluding hydrogens is 594 g/mol. The van der Waals surface area contributed by atoms with Gasteiger partial charge in [-0.1, -0.05) is 12.1 Å². The summed E-state index contributed by atoms with van der Waals surface area (Å²) in [5.74, 6) is 1.48. The second-order valence-electron chi connectivity index (χ2n) is 11.0. The molecular formula is C32H33N7O7. The molecule has 4 heterocycles. The highest BCUT2D eigenvalue weighted by Crippen LogP contribution is 2.28. The molecule has 238 valence electrons. The number of fused-ring (bicyclic) bond motifs is 7. The maximum Gasteiger partial charge on any atom is 0.258 e. The monoisotopic (exact) mass is 627 g/mol. The van der Waals surface area contributed by atoms with Crippen LogP contribution in [0.5, 0.6) is 23.0 Å². The standard InChI is InChI=1S/C32H33N7O7/c1-19-35-36-37-39(19)23-7-4-20(5-8-23)10-31(41)38-16-27-29(17-38)46-24-9-6-21(28(14-24)44-3)15-33-30(40)18-45-26-12-22(32(42)34-27)11-25(13-26)43-2/h4-9,11-14,27,29H,10,15-18H2,1-3H3,(H,33,40)(H,34,42)/t27-,29-/m0/s1. The average molecular weight is 628 g/mol. The summed E-state index contributed by atoms with van der Waals surface area (Å²) in [6, 6.07) is 16.9. The van der Waals surface area contributed by atoms with Crippen molar-refractivity contribution in [1.82, 2.24) is 35.7 Å². The number of hydrogen-bond acceptors (Lipinski definition) is 10. The number of amides is 3. The van der Waals surface area contributed by atoms with Crippen LogP contribution >= 0.6 is 0 Å². The number of nitrogens with zero attached hydrogens (tertiary/aromatic N) is 5. The molecule has 1 fully saturated rings. The zero-order chi connectivity index (χ0) is 32.2. The van der Waals surface area contributed by atoms with E-state index in [-0.39, 0.29) is 50.0 Å². The summed E-state index contributed by atoms with van der Waals surface area (Å²) in [4.78, 5) is 41.3. The summed E-state index contributed by atoms with van der Waals surface area (Å²) in [6.07, 6.45) is -0.405. The first-order valence-corrected chi connectivity index (χ1v) is 14.6. The van der Waals surface area contributed by atoms with E-state index in [9.17, 15) is 14.4 Å². The molecule has 2 N–H and O–H groups in total. The van der Waals surface area contributed by atoms with Gasteiger partial charge in [0.05, 0.1) is 38.9 Å². The molecule has 0 unspecified atom stereocenters. The summed E-state index contributed by atoms with van der Waals surface area (Å²) < 4.78 is 24.6. The van der Waals surface area contributed by atoms with Crippen LogP contribution < -0.4 is 29.6 Å². The summed E-state index contributed by atoms with van der Waals surface area (Å²) in [5, 5.41) is 17.4. The molecule has 0 saturated carbocycles. The highest BCUT2D eigenvalue weighted by atomic mass is 16.5. The molecule has 3 amide bonds. The predicted octanol–water partition coefficient (Wildman–Crippen LogP) is 1.63. The number of benzene rings is 3. The minimum atomic E-state index is -0.565. The number of nitrogens with one attached hydrogen (secondary N) is 2. The van der Waals surface area contributed by atoms with Crippen molar-refractivity contribution < 1.29 is 33.3 Å². The molecule has 14 heteroatoms. The molecule has 7 rings (SSSR count). The second kappa shape index (κ2) is 13.1. The molecule has 3 aliphatic heterocycles. The Labute approximate surface area is 264 Å². The Balaban J connectivity index is 1.25. The van der Waals surface area contributed by atoms with Crippen LogP contribution in [0, 0.1) is 6.92 Å². The molecule has 0 aliphatic carbocycles. The predicted molar refractivity (Wildman–Crippen MR) is 163 cm³/mol. The van der Waals surface area contributed by atoms with Crippen LogP contribution in [-0.4, -0.2) is 88.9 Å². The lowest BCUT2D eigenvalue weighted by atomic mass is 10.1. The number of likely N-dealkylation sites (tertiary alicyclic amines) is 1. The third-order valence-electron chi connectivity index (χ3n) is 7.87. The first kappa shape index (κ1) is 30.4. The maximum absolute atomic E-state index is 13.5. The Hall–Kier alpha value is -5.66. The second-order valence-corrected chi connectivity index (χ2v) is 11.0. The number of tetrazole rings is 1. The number of carbonyl (C=O) groups is 3. The highest BCUT2D eigenvalue weighted by Gasteiger charge is 2.38. The van der Waals surface area contributed by atoms with Gasteiger partial charge in [0.2, 0.25) is 5.91 Å². The number of aromatic nitrogens is 4. The topological polar surface area (TPSA) is 159 Å². The molecule has 4 aromatic rings. The third kappa shape index (κ3) is 6.70. The van der Waals surface area contributed by atoms with Crippen LogP contribution in [0.1, 0.15) is 27.3 Å². The zero-order valence-corrected chi connectivity index (χ0v) is 25.6. The molecule has 3 aliphatic rings. The Kier molecular flexibility index (Phi) is 8.68. The Morgan fingerprint density at radius 2 is 1.83 bits per heavy atom. The minimum Gasteiger partial charge on any atom is -0.497 e. The van der Waals surface area contributed by atoms with E-state index in [2.05, 4.69) is 26.2 Å². The van der Waals surface area contributed by atoms with Gasteiger partial charge in [-0.15, -0.1) is 5.10 Å². The Bertz CT molecular complexity index is 1760. The van der Waals surface area contributed by atoms with Crippen LogP contribution in [0.25, 0.3) is 5.69 Å². The fraction of sp³-hybridized carbons (Fsp3) is 0.312.